The molecule has 0 fully saturated rings. The van der Waals surface area contributed by atoms with Crippen LogP contribution in [0.4, 0.5) is 5.82 Å². The lowest BCUT2D eigenvalue weighted by atomic mass is 10.1. The molecular weight excluding hydrogens is 344 g/mol. The van der Waals surface area contributed by atoms with Crippen molar-refractivity contribution in [3.63, 3.8) is 0 Å². The fraction of sp³-hybridized carbons (Fsp3) is 0.263. The van der Waals surface area contributed by atoms with Gasteiger partial charge in [-0.2, -0.15) is 10.2 Å². The van der Waals surface area contributed by atoms with E-state index in [-0.39, 0.29) is 11.7 Å². The topological polar surface area (TPSA) is 99.9 Å². The Kier molecular flexibility index (Phi) is 4.12. The van der Waals surface area contributed by atoms with Crippen LogP contribution in [0.3, 0.4) is 0 Å². The second-order valence-electron chi connectivity index (χ2n) is 6.80. The van der Waals surface area contributed by atoms with Crippen molar-refractivity contribution in [2.45, 2.75) is 20.4 Å². The smallest absolute Gasteiger partial charge is 0.292 e. The summed E-state index contributed by atoms with van der Waals surface area (Å²) in [6, 6.07) is 7.64. The molecule has 0 bridgehead atoms. The average molecular weight is 364 g/mol. The number of hydrogen-bond acceptors (Lipinski definition) is 6. The number of fused-ring (bicyclic) bond motifs is 2. The number of furan rings is 1. The van der Waals surface area contributed by atoms with Crippen molar-refractivity contribution >= 4 is 33.7 Å². The number of benzene rings is 1. The quantitative estimate of drug-likeness (QED) is 0.577. The second kappa shape index (κ2) is 6.48. The molecule has 1 amide bonds. The number of nitrogens with zero attached hydrogens (tertiary/aromatic N) is 4. The van der Waals surface area contributed by atoms with Gasteiger partial charge in [-0.05, 0) is 39.6 Å². The normalized spacial score (nSPS) is 11.6. The summed E-state index contributed by atoms with van der Waals surface area (Å²) in [6.07, 6.45) is 0. The number of aryl methyl sites for hydroxylation is 2. The van der Waals surface area contributed by atoms with E-state index in [1.807, 2.05) is 57.1 Å². The standard InChI is InChI=1S/C19H20N6O2/c1-10-11(2)21-23-18-15(10)17(22-24-18)20-19(26)16-13(9-25(3)4)12-7-5-6-8-14(12)27-16/h5-8H,9H2,1-4H3,(H2,20,22,23,24,26). The van der Waals surface area contributed by atoms with Crippen LogP contribution in [0.1, 0.15) is 27.4 Å². The van der Waals surface area contributed by atoms with E-state index < -0.39 is 0 Å². The van der Waals surface area contributed by atoms with Crippen LogP contribution in [0.5, 0.6) is 0 Å². The zero-order chi connectivity index (χ0) is 19.1. The highest BCUT2D eigenvalue weighted by molar-refractivity contribution is 6.09. The van der Waals surface area contributed by atoms with E-state index in [9.17, 15) is 4.79 Å². The number of hydrogen-bond donors (Lipinski definition) is 2. The summed E-state index contributed by atoms with van der Waals surface area (Å²) in [4.78, 5) is 15.0. The van der Waals surface area contributed by atoms with Gasteiger partial charge in [0.15, 0.2) is 17.2 Å². The third kappa shape index (κ3) is 2.93. The number of nitrogens with one attached hydrogen (secondary N) is 2. The summed E-state index contributed by atoms with van der Waals surface area (Å²) in [5.41, 5.74) is 3.77. The minimum atomic E-state index is -0.342. The van der Waals surface area contributed by atoms with Crippen LogP contribution >= 0.6 is 0 Å². The zero-order valence-corrected chi connectivity index (χ0v) is 15.6. The number of rotatable bonds is 4. The molecule has 27 heavy (non-hydrogen) atoms. The first kappa shape index (κ1) is 17.2. The summed E-state index contributed by atoms with van der Waals surface area (Å²) in [7, 11) is 3.91. The minimum absolute atomic E-state index is 0.289. The van der Waals surface area contributed by atoms with Crippen molar-refractivity contribution in [2.24, 2.45) is 0 Å². The molecule has 3 heterocycles. The van der Waals surface area contributed by atoms with E-state index in [1.54, 1.807) is 0 Å². The molecule has 0 aliphatic heterocycles. The van der Waals surface area contributed by atoms with Crippen molar-refractivity contribution in [2.75, 3.05) is 19.4 Å². The first-order valence-electron chi connectivity index (χ1n) is 8.60. The van der Waals surface area contributed by atoms with Gasteiger partial charge in [0.2, 0.25) is 0 Å². The Hall–Kier alpha value is -3.26. The summed E-state index contributed by atoms with van der Waals surface area (Å²) in [5, 5.41) is 19.7. The number of aromatic nitrogens is 4. The van der Waals surface area contributed by atoms with Crippen molar-refractivity contribution in [3.05, 3.63) is 46.8 Å². The van der Waals surface area contributed by atoms with Crippen molar-refractivity contribution in [1.82, 2.24) is 25.3 Å². The van der Waals surface area contributed by atoms with Gasteiger partial charge < -0.3 is 14.6 Å². The number of H-pyrrole nitrogens is 1. The molecule has 0 aliphatic carbocycles. The fourth-order valence-electron chi connectivity index (χ4n) is 3.15. The van der Waals surface area contributed by atoms with Gasteiger partial charge in [-0.25, -0.2) is 0 Å². The maximum atomic E-state index is 13.0. The van der Waals surface area contributed by atoms with Crippen LogP contribution in [0, 0.1) is 13.8 Å². The molecule has 0 atom stereocenters. The van der Waals surface area contributed by atoms with Gasteiger partial charge in [0, 0.05) is 17.5 Å². The SMILES string of the molecule is Cc1nnc2[nH]nc(NC(=O)c3oc4ccccc4c3CN(C)C)c2c1C. The molecule has 0 unspecified atom stereocenters. The molecule has 0 radical (unpaired) electrons. The third-order valence-corrected chi connectivity index (χ3v) is 4.58. The molecule has 138 valence electrons. The Morgan fingerprint density at radius 3 is 2.78 bits per heavy atom. The molecule has 0 saturated carbocycles. The van der Waals surface area contributed by atoms with Crippen LogP contribution < -0.4 is 5.32 Å². The van der Waals surface area contributed by atoms with E-state index in [4.69, 9.17) is 4.42 Å². The first-order chi connectivity index (χ1) is 13.0. The van der Waals surface area contributed by atoms with Crippen LogP contribution in [0.2, 0.25) is 0 Å². The van der Waals surface area contributed by atoms with E-state index in [2.05, 4.69) is 25.7 Å². The zero-order valence-electron chi connectivity index (χ0n) is 15.6. The molecule has 1 aromatic carbocycles. The van der Waals surface area contributed by atoms with Gasteiger partial charge >= 0.3 is 0 Å². The second-order valence-corrected chi connectivity index (χ2v) is 6.80. The molecular formula is C19H20N6O2. The van der Waals surface area contributed by atoms with Gasteiger partial charge in [-0.15, -0.1) is 5.10 Å². The van der Waals surface area contributed by atoms with E-state index >= 15 is 0 Å². The van der Waals surface area contributed by atoms with Gasteiger partial charge in [0.05, 0.1) is 11.1 Å². The highest BCUT2D eigenvalue weighted by Gasteiger charge is 2.23. The lowest BCUT2D eigenvalue weighted by Crippen LogP contribution is -2.17. The Labute approximate surface area is 155 Å². The number of amides is 1. The molecule has 3 aromatic heterocycles. The van der Waals surface area contributed by atoms with Gasteiger partial charge in [0.25, 0.3) is 5.91 Å². The van der Waals surface area contributed by atoms with E-state index in [0.717, 1.165) is 27.6 Å². The predicted octanol–water partition coefficient (Wildman–Crippen LogP) is 3.03. The number of para-hydroxylation sites is 1. The summed E-state index contributed by atoms with van der Waals surface area (Å²) in [5.74, 6) is 0.365. The first-order valence-corrected chi connectivity index (χ1v) is 8.60. The lowest BCUT2D eigenvalue weighted by molar-refractivity contribution is 0.0996. The molecule has 2 N–H and O–H groups in total. The van der Waals surface area contributed by atoms with Crippen molar-refractivity contribution in [1.29, 1.82) is 0 Å². The van der Waals surface area contributed by atoms with Gasteiger partial charge in [-0.1, -0.05) is 18.2 Å². The Bertz CT molecular complexity index is 1160. The predicted molar refractivity (Wildman–Crippen MR) is 103 cm³/mol. The largest absolute Gasteiger partial charge is 0.451 e. The summed E-state index contributed by atoms with van der Waals surface area (Å²) in [6.45, 7) is 4.38. The molecule has 0 spiro atoms. The number of anilines is 1. The summed E-state index contributed by atoms with van der Waals surface area (Å²) < 4.78 is 5.87. The highest BCUT2D eigenvalue weighted by atomic mass is 16.3. The van der Waals surface area contributed by atoms with Gasteiger partial charge in [0.1, 0.15) is 5.58 Å². The molecule has 8 nitrogen and oxygen atoms in total. The van der Waals surface area contributed by atoms with Crippen LogP contribution in [-0.2, 0) is 6.54 Å². The van der Waals surface area contributed by atoms with Crippen LogP contribution in [0.25, 0.3) is 22.0 Å². The Morgan fingerprint density at radius 2 is 2.00 bits per heavy atom. The minimum Gasteiger partial charge on any atom is -0.451 e. The Morgan fingerprint density at radius 1 is 1.22 bits per heavy atom. The third-order valence-electron chi connectivity index (χ3n) is 4.58. The number of carbonyl (C=O) groups excluding carboxylic acids is 1. The number of carbonyl (C=O) groups is 1. The highest BCUT2D eigenvalue weighted by Crippen LogP contribution is 2.29. The maximum absolute atomic E-state index is 13.0. The number of aromatic amines is 1. The molecule has 0 aliphatic rings. The van der Waals surface area contributed by atoms with Gasteiger partial charge in [-0.3, -0.25) is 9.89 Å². The van der Waals surface area contributed by atoms with Crippen molar-refractivity contribution in [3.8, 4) is 0 Å². The van der Waals surface area contributed by atoms with E-state index in [0.29, 0.717) is 23.6 Å². The average Bonchev–Trinajstić information content (AvgIpc) is 3.20. The molecule has 4 rings (SSSR count). The molecule has 8 heteroatoms. The van der Waals surface area contributed by atoms with Crippen LogP contribution in [-0.4, -0.2) is 45.3 Å². The molecule has 0 saturated heterocycles. The van der Waals surface area contributed by atoms with Crippen molar-refractivity contribution < 1.29 is 9.21 Å². The fourth-order valence-corrected chi connectivity index (χ4v) is 3.15. The summed E-state index contributed by atoms with van der Waals surface area (Å²) >= 11 is 0. The lowest BCUT2D eigenvalue weighted by Gasteiger charge is -2.10. The monoisotopic (exact) mass is 364 g/mol. The Balaban J connectivity index is 1.77. The van der Waals surface area contributed by atoms with Crippen LogP contribution in [0.15, 0.2) is 28.7 Å². The van der Waals surface area contributed by atoms with E-state index in [1.165, 1.54) is 0 Å². The molecule has 4 aromatic rings. The maximum Gasteiger partial charge on any atom is 0.292 e.